The average Bonchev–Trinajstić information content (AvgIpc) is 1.21. The molecule has 0 rings (SSSR count). The second-order valence-corrected chi connectivity index (χ2v) is 6.46. The minimum Gasteiger partial charge on any atom is -0.0714 e. The van der Waals surface area contributed by atoms with Crippen molar-refractivity contribution in [1.82, 2.24) is 0 Å². The Bertz CT molecular complexity index is 94.7. The quantitative estimate of drug-likeness (QED) is 0.354. The molecule has 0 saturated heterocycles. The van der Waals surface area contributed by atoms with Crippen LogP contribution in [0.25, 0.3) is 0 Å². The van der Waals surface area contributed by atoms with Gasteiger partial charge in [0, 0.05) is 0 Å². The van der Waals surface area contributed by atoms with Crippen molar-refractivity contribution in [2.24, 2.45) is 0 Å². The van der Waals surface area contributed by atoms with E-state index in [9.17, 15) is 0 Å². The number of alkyl halides is 3. The molecule has 0 saturated carbocycles. The van der Waals surface area contributed by atoms with Crippen LogP contribution in [0.3, 0.4) is 0 Å². The van der Waals surface area contributed by atoms with Crippen molar-refractivity contribution in [1.29, 1.82) is 0 Å². The molecular weight excluding hydrogens is 230 g/mol. The van der Waals surface area contributed by atoms with Crippen LogP contribution in [0.15, 0.2) is 0 Å². The summed E-state index contributed by atoms with van der Waals surface area (Å²) >= 11 is 26.2. The SMILES string of the molecule is S=C(Cl)SC(Cl)(Cl)Cl. The molecule has 0 aliphatic rings. The van der Waals surface area contributed by atoms with E-state index in [1.54, 1.807) is 0 Å². The zero-order valence-corrected chi connectivity index (χ0v) is 7.99. The number of thioether (sulfide) groups is 1. The Balaban J connectivity index is 3.55. The van der Waals surface area contributed by atoms with Crippen LogP contribution in [0.1, 0.15) is 0 Å². The third-order valence-corrected chi connectivity index (χ3v) is 1.76. The fourth-order valence-corrected chi connectivity index (χ4v) is 2.46. The van der Waals surface area contributed by atoms with Gasteiger partial charge in [-0.3, -0.25) is 0 Å². The zero-order valence-electron chi connectivity index (χ0n) is 3.33. The van der Waals surface area contributed by atoms with Gasteiger partial charge in [-0.15, -0.1) is 0 Å². The summed E-state index contributed by atoms with van der Waals surface area (Å²) in [6.07, 6.45) is 0. The van der Waals surface area contributed by atoms with Crippen LogP contribution in [0, 0.1) is 0 Å². The molecule has 0 aliphatic heterocycles. The highest BCUT2D eigenvalue weighted by atomic mass is 35.6. The molecule has 0 N–H and O–H groups in total. The minimum atomic E-state index is -1.42. The largest absolute Gasteiger partial charge is 0.243 e. The van der Waals surface area contributed by atoms with E-state index < -0.39 is 3.12 Å². The van der Waals surface area contributed by atoms with Crippen LogP contribution in [0.4, 0.5) is 0 Å². The molecule has 0 amide bonds. The first kappa shape index (κ1) is 9.60. The normalized spacial score (nSPS) is 11.5. The van der Waals surface area contributed by atoms with E-state index in [-0.39, 0.29) is 3.66 Å². The molecule has 0 aromatic rings. The Hall–Kier alpha value is 1.60. The van der Waals surface area contributed by atoms with Gasteiger partial charge in [0.1, 0.15) is 3.66 Å². The van der Waals surface area contributed by atoms with E-state index in [2.05, 4.69) is 12.2 Å². The smallest absolute Gasteiger partial charge is 0.0714 e. The standard InChI is InChI=1S/C2Cl4S2/c3-1(7)8-2(4,5)6. The highest BCUT2D eigenvalue weighted by Crippen LogP contribution is 2.40. The van der Waals surface area contributed by atoms with Crippen molar-refractivity contribution >= 4 is 74.0 Å². The van der Waals surface area contributed by atoms with Gasteiger partial charge in [0.05, 0.1) is 0 Å². The van der Waals surface area contributed by atoms with Crippen LogP contribution < -0.4 is 0 Å². The highest BCUT2D eigenvalue weighted by molar-refractivity contribution is 8.29. The van der Waals surface area contributed by atoms with E-state index in [1.807, 2.05) is 0 Å². The lowest BCUT2D eigenvalue weighted by atomic mass is 11.8. The van der Waals surface area contributed by atoms with Gasteiger partial charge in [-0.05, 0) is 11.8 Å². The molecule has 0 aliphatic carbocycles. The van der Waals surface area contributed by atoms with E-state index >= 15 is 0 Å². The van der Waals surface area contributed by atoms with Crippen molar-refractivity contribution in [3.05, 3.63) is 0 Å². The maximum absolute atomic E-state index is 5.25. The van der Waals surface area contributed by atoms with Gasteiger partial charge in [-0.25, -0.2) is 0 Å². The number of halogens is 4. The predicted octanol–water partition coefficient (Wildman–Crippen LogP) is 3.57. The third kappa shape index (κ3) is 7.60. The molecule has 0 aromatic heterocycles. The van der Waals surface area contributed by atoms with Gasteiger partial charge >= 0.3 is 0 Å². The Morgan fingerprint density at radius 2 is 1.75 bits per heavy atom. The summed E-state index contributed by atoms with van der Waals surface area (Å²) in [5.74, 6) is 0. The molecule has 0 spiro atoms. The molecule has 48 valence electrons. The number of hydrogen-bond donors (Lipinski definition) is 0. The van der Waals surface area contributed by atoms with Gasteiger partial charge in [0.2, 0.25) is 3.12 Å². The fourth-order valence-electron chi connectivity index (χ4n) is 0.0910. The zero-order chi connectivity index (χ0) is 6.78. The Kier molecular flexibility index (Phi) is 4.43. The first-order valence-corrected chi connectivity index (χ1v) is 4.10. The van der Waals surface area contributed by atoms with Crippen molar-refractivity contribution in [3.63, 3.8) is 0 Å². The highest BCUT2D eigenvalue weighted by Gasteiger charge is 2.21. The molecule has 8 heavy (non-hydrogen) atoms. The molecular formula is C2Cl4S2. The summed E-state index contributed by atoms with van der Waals surface area (Å²) in [4.78, 5) is 0. The van der Waals surface area contributed by atoms with Gasteiger partial charge in [0.15, 0.2) is 0 Å². The van der Waals surface area contributed by atoms with Gasteiger partial charge in [-0.2, -0.15) is 0 Å². The van der Waals surface area contributed by atoms with Gasteiger partial charge in [-0.1, -0.05) is 58.6 Å². The summed E-state index contributed by atoms with van der Waals surface area (Å²) in [5.41, 5.74) is 0. The summed E-state index contributed by atoms with van der Waals surface area (Å²) in [6.45, 7) is 0. The number of thiocarbonyl (C=S) groups is 1. The van der Waals surface area contributed by atoms with Crippen LogP contribution in [0.2, 0.25) is 0 Å². The fraction of sp³-hybridized carbons (Fsp3) is 0.500. The topological polar surface area (TPSA) is 0 Å². The van der Waals surface area contributed by atoms with E-state index in [0.29, 0.717) is 0 Å². The van der Waals surface area contributed by atoms with Crippen molar-refractivity contribution in [2.75, 3.05) is 0 Å². The van der Waals surface area contributed by atoms with Crippen molar-refractivity contribution in [2.45, 2.75) is 3.12 Å². The molecule has 6 heteroatoms. The average molecular weight is 230 g/mol. The number of rotatable bonds is 0. The monoisotopic (exact) mass is 228 g/mol. The van der Waals surface area contributed by atoms with Gasteiger partial charge < -0.3 is 0 Å². The Morgan fingerprint density at radius 1 is 1.38 bits per heavy atom. The molecule has 0 fully saturated rings. The second kappa shape index (κ2) is 3.69. The lowest BCUT2D eigenvalue weighted by Crippen LogP contribution is -1.94. The lowest BCUT2D eigenvalue weighted by molar-refractivity contribution is 1.81. The van der Waals surface area contributed by atoms with Crippen LogP contribution >= 0.6 is 70.4 Å². The van der Waals surface area contributed by atoms with Crippen LogP contribution in [-0.2, 0) is 0 Å². The summed E-state index contributed by atoms with van der Waals surface area (Å²) < 4.78 is -1.32. The van der Waals surface area contributed by atoms with Crippen molar-refractivity contribution < 1.29 is 0 Å². The summed E-state index contributed by atoms with van der Waals surface area (Å²) in [5, 5.41) is 0. The van der Waals surface area contributed by atoms with Crippen molar-refractivity contribution in [3.8, 4) is 0 Å². The molecule has 0 unspecified atom stereocenters. The predicted molar refractivity (Wildman–Crippen MR) is 46.3 cm³/mol. The Morgan fingerprint density at radius 3 is 1.75 bits per heavy atom. The minimum absolute atomic E-state index is 0.102. The molecule has 0 radical (unpaired) electrons. The van der Waals surface area contributed by atoms with Crippen LogP contribution in [0.5, 0.6) is 0 Å². The number of hydrogen-bond acceptors (Lipinski definition) is 2. The summed E-state index contributed by atoms with van der Waals surface area (Å²) in [6, 6.07) is 0. The lowest BCUT2D eigenvalue weighted by Gasteiger charge is -2.04. The maximum atomic E-state index is 5.25. The molecule has 0 heterocycles. The van der Waals surface area contributed by atoms with Crippen LogP contribution in [-0.4, -0.2) is 6.78 Å². The van der Waals surface area contributed by atoms with E-state index in [1.165, 1.54) is 0 Å². The maximum Gasteiger partial charge on any atom is 0.243 e. The first-order valence-electron chi connectivity index (χ1n) is 1.37. The van der Waals surface area contributed by atoms with Gasteiger partial charge in [0.25, 0.3) is 0 Å². The third-order valence-electron chi connectivity index (χ3n) is 0.196. The first-order chi connectivity index (χ1) is 3.42. The Labute approximate surface area is 76.8 Å². The summed E-state index contributed by atoms with van der Waals surface area (Å²) in [7, 11) is 0. The second-order valence-electron chi connectivity index (χ2n) is 0.785. The molecule has 0 atom stereocenters. The molecule has 0 nitrogen and oxygen atoms in total. The van der Waals surface area contributed by atoms with E-state index in [4.69, 9.17) is 46.4 Å². The molecule has 0 aromatic carbocycles. The molecule has 0 bridgehead atoms. The van der Waals surface area contributed by atoms with E-state index in [0.717, 1.165) is 11.8 Å².